The maximum Gasteiger partial charge on any atom is 0.445 e. The summed E-state index contributed by atoms with van der Waals surface area (Å²) in [4.78, 5) is 0. The number of hydrogen-bond donors (Lipinski definition) is 0. The lowest BCUT2D eigenvalue weighted by molar-refractivity contribution is -0.393. The minimum Gasteiger partial charge on any atom is -0.308 e. The van der Waals surface area contributed by atoms with Crippen LogP contribution in [0.4, 0.5) is 39.5 Å². The van der Waals surface area contributed by atoms with E-state index in [9.17, 15) is 39.5 Å². The van der Waals surface area contributed by atoms with Crippen LogP contribution in [0.1, 0.15) is 0 Å². The average molecular weight is 280 g/mol. The minimum absolute atomic E-state index is 2.29. The summed E-state index contributed by atoms with van der Waals surface area (Å²) >= 11 is 0. The molecule has 0 aromatic heterocycles. The van der Waals surface area contributed by atoms with E-state index in [1.54, 1.807) is 0 Å². The van der Waals surface area contributed by atoms with E-state index >= 15 is 0 Å². The largest absolute Gasteiger partial charge is 0.445 e. The predicted molar refractivity (Wildman–Crippen MR) is 33.8 cm³/mol. The van der Waals surface area contributed by atoms with Gasteiger partial charge in [0.1, 0.15) is 6.67 Å². The van der Waals surface area contributed by atoms with Gasteiger partial charge in [-0.3, -0.25) is 4.74 Å². The first-order chi connectivity index (χ1) is 7.50. The third-order valence-electron chi connectivity index (χ3n) is 1.30. The van der Waals surface area contributed by atoms with Crippen LogP contribution in [0.5, 0.6) is 0 Å². The van der Waals surface area contributed by atoms with Gasteiger partial charge in [-0.2, -0.15) is 30.7 Å². The standard InChI is InChI=1S/C6H5F9O2/c7-1-2(16-4(9)10)6(14,15)17-3(8)5(11,12)13/h2-4H,1H2. The zero-order chi connectivity index (χ0) is 13.9. The van der Waals surface area contributed by atoms with Crippen molar-refractivity contribution < 1.29 is 49.0 Å². The van der Waals surface area contributed by atoms with E-state index in [0.717, 1.165) is 0 Å². The maximum absolute atomic E-state index is 12.6. The molecular weight excluding hydrogens is 275 g/mol. The molecule has 0 aliphatic heterocycles. The highest BCUT2D eigenvalue weighted by molar-refractivity contribution is 4.70. The van der Waals surface area contributed by atoms with Gasteiger partial charge in [-0.15, -0.1) is 0 Å². The number of hydrogen-bond acceptors (Lipinski definition) is 2. The van der Waals surface area contributed by atoms with Gasteiger partial charge in [0.25, 0.3) is 6.36 Å². The van der Waals surface area contributed by atoms with Crippen LogP contribution in [0, 0.1) is 0 Å². The topological polar surface area (TPSA) is 18.5 Å². The first-order valence-corrected chi connectivity index (χ1v) is 3.76. The van der Waals surface area contributed by atoms with Crippen LogP contribution in [0.25, 0.3) is 0 Å². The van der Waals surface area contributed by atoms with E-state index in [1.165, 1.54) is 0 Å². The van der Waals surface area contributed by atoms with Gasteiger partial charge < -0.3 is 4.74 Å². The van der Waals surface area contributed by atoms with Crippen LogP contribution in [0.15, 0.2) is 0 Å². The van der Waals surface area contributed by atoms with E-state index in [2.05, 4.69) is 9.47 Å². The molecule has 0 saturated carbocycles. The molecule has 2 atom stereocenters. The molecule has 104 valence electrons. The SMILES string of the molecule is FCC(OC(F)F)C(F)(F)OC(F)C(F)(F)F. The fourth-order valence-corrected chi connectivity index (χ4v) is 0.610. The van der Waals surface area contributed by atoms with Crippen LogP contribution < -0.4 is 0 Å². The molecule has 0 aromatic carbocycles. The van der Waals surface area contributed by atoms with Crippen molar-refractivity contribution in [1.29, 1.82) is 0 Å². The van der Waals surface area contributed by atoms with Crippen LogP contribution in [-0.2, 0) is 9.47 Å². The molecule has 0 rings (SSSR count). The smallest absolute Gasteiger partial charge is 0.308 e. The zero-order valence-electron chi connectivity index (χ0n) is 7.66. The van der Waals surface area contributed by atoms with Crippen LogP contribution >= 0.6 is 0 Å². The maximum atomic E-state index is 12.6. The molecule has 2 nitrogen and oxygen atoms in total. The molecule has 17 heavy (non-hydrogen) atoms. The Morgan fingerprint density at radius 2 is 1.41 bits per heavy atom. The summed E-state index contributed by atoms with van der Waals surface area (Å²) in [6.07, 6.45) is -18.8. The van der Waals surface area contributed by atoms with Crippen molar-refractivity contribution in [3.8, 4) is 0 Å². The number of alkyl halides is 9. The van der Waals surface area contributed by atoms with Gasteiger partial charge in [-0.1, -0.05) is 0 Å². The minimum atomic E-state index is -5.80. The van der Waals surface area contributed by atoms with Crippen molar-refractivity contribution >= 4 is 0 Å². The highest BCUT2D eigenvalue weighted by Gasteiger charge is 2.52. The molecule has 0 amide bonds. The Bertz CT molecular complexity index is 228. The van der Waals surface area contributed by atoms with Crippen molar-refractivity contribution in [2.45, 2.75) is 31.4 Å². The Labute approximate surface area is 88.3 Å². The van der Waals surface area contributed by atoms with E-state index in [1.807, 2.05) is 0 Å². The lowest BCUT2D eigenvalue weighted by Gasteiger charge is -2.26. The van der Waals surface area contributed by atoms with Gasteiger partial charge in [-0.25, -0.2) is 8.78 Å². The molecule has 2 unspecified atom stereocenters. The predicted octanol–water partition coefficient (Wildman–Crippen LogP) is 3.03. The Kier molecular flexibility index (Phi) is 5.52. The van der Waals surface area contributed by atoms with Crippen molar-refractivity contribution in [2.24, 2.45) is 0 Å². The summed E-state index contributed by atoms with van der Waals surface area (Å²) in [7, 11) is 0. The molecule has 0 spiro atoms. The summed E-state index contributed by atoms with van der Waals surface area (Å²) in [6.45, 7) is -6.17. The van der Waals surface area contributed by atoms with Crippen molar-refractivity contribution in [1.82, 2.24) is 0 Å². The second-order valence-corrected chi connectivity index (χ2v) is 2.58. The molecule has 11 heteroatoms. The van der Waals surface area contributed by atoms with Gasteiger partial charge in [0.2, 0.25) is 0 Å². The third-order valence-corrected chi connectivity index (χ3v) is 1.30. The molecule has 0 saturated heterocycles. The molecule has 0 aliphatic carbocycles. The van der Waals surface area contributed by atoms with Gasteiger partial charge >= 0.3 is 18.9 Å². The fourth-order valence-electron chi connectivity index (χ4n) is 0.610. The van der Waals surface area contributed by atoms with E-state index < -0.39 is 38.0 Å². The van der Waals surface area contributed by atoms with Crippen LogP contribution in [-0.4, -0.2) is 38.0 Å². The summed E-state index contributed by atoms with van der Waals surface area (Å²) in [5.41, 5.74) is 0. The summed E-state index contributed by atoms with van der Waals surface area (Å²) in [5.74, 6) is 0. The number of halogens is 9. The second kappa shape index (κ2) is 5.76. The van der Waals surface area contributed by atoms with Crippen molar-refractivity contribution in [3.63, 3.8) is 0 Å². The Balaban J connectivity index is 4.63. The second-order valence-electron chi connectivity index (χ2n) is 2.58. The highest BCUT2D eigenvalue weighted by atomic mass is 19.4. The summed E-state index contributed by atoms with van der Waals surface area (Å²) in [6, 6.07) is 0. The van der Waals surface area contributed by atoms with E-state index in [4.69, 9.17) is 0 Å². The molecule has 0 radical (unpaired) electrons. The van der Waals surface area contributed by atoms with Crippen molar-refractivity contribution in [2.75, 3.05) is 6.67 Å². The fraction of sp³-hybridized carbons (Fsp3) is 1.00. The van der Waals surface area contributed by atoms with E-state index in [-0.39, 0.29) is 0 Å². The zero-order valence-corrected chi connectivity index (χ0v) is 7.66. The van der Waals surface area contributed by atoms with Gasteiger partial charge in [-0.05, 0) is 0 Å². The normalized spacial score (nSPS) is 17.3. The summed E-state index contributed by atoms with van der Waals surface area (Å²) in [5, 5.41) is 0. The van der Waals surface area contributed by atoms with Crippen LogP contribution in [0.2, 0.25) is 0 Å². The lowest BCUT2D eigenvalue weighted by atomic mass is 10.3. The average Bonchev–Trinajstić information content (AvgIpc) is 2.11. The van der Waals surface area contributed by atoms with E-state index in [0.29, 0.717) is 0 Å². The molecule has 0 aromatic rings. The monoisotopic (exact) mass is 280 g/mol. The van der Waals surface area contributed by atoms with Gasteiger partial charge in [0, 0.05) is 0 Å². The molecular formula is C6H5F9O2. The number of rotatable bonds is 6. The van der Waals surface area contributed by atoms with Gasteiger partial charge in [0.15, 0.2) is 6.10 Å². The number of ether oxygens (including phenoxy) is 2. The first-order valence-electron chi connectivity index (χ1n) is 3.76. The van der Waals surface area contributed by atoms with Crippen molar-refractivity contribution in [3.05, 3.63) is 0 Å². The molecule has 0 N–H and O–H groups in total. The third kappa shape index (κ3) is 5.44. The van der Waals surface area contributed by atoms with Gasteiger partial charge in [0.05, 0.1) is 0 Å². The quantitative estimate of drug-likeness (QED) is 0.696. The van der Waals surface area contributed by atoms with Crippen LogP contribution in [0.3, 0.4) is 0 Å². The lowest BCUT2D eigenvalue weighted by Crippen LogP contribution is -2.45. The Morgan fingerprint density at radius 1 is 0.941 bits per heavy atom. The molecule has 0 heterocycles. The first kappa shape index (κ1) is 16.3. The molecule has 0 aliphatic rings. The highest BCUT2D eigenvalue weighted by Crippen LogP contribution is 2.33. The molecule has 0 bridgehead atoms. The Morgan fingerprint density at radius 3 is 1.71 bits per heavy atom. The summed E-state index contributed by atoms with van der Waals surface area (Å²) < 4.78 is 112. The molecule has 0 fully saturated rings. The Hall–Kier alpha value is -0.710.